The first-order chi connectivity index (χ1) is 4.37. The second-order valence-corrected chi connectivity index (χ2v) is 1.80. The van der Waals surface area contributed by atoms with E-state index in [2.05, 4.69) is 0 Å². The minimum Gasteiger partial charge on any atom is -0.291 e. The Hall–Kier alpha value is -0.590. The number of ketones is 2. The first-order valence-corrected chi connectivity index (χ1v) is 3.25. The van der Waals surface area contributed by atoms with Crippen LogP contribution in [0.5, 0.6) is 0 Å². The van der Waals surface area contributed by atoms with Crippen molar-refractivity contribution in [3.05, 3.63) is 0 Å². The Morgan fingerprint density at radius 1 is 1.10 bits per heavy atom. The second-order valence-electron chi connectivity index (χ2n) is 1.34. The van der Waals surface area contributed by atoms with Crippen LogP contribution in [0.15, 0.2) is 0 Å². The zero-order chi connectivity index (χ0) is 8.73. The lowest BCUT2D eigenvalue weighted by Crippen LogP contribution is -2.01. The highest BCUT2D eigenvalue weighted by Gasteiger charge is 1.94. The van der Waals surface area contributed by atoms with E-state index in [0.29, 0.717) is 0 Å². The third-order valence-electron chi connectivity index (χ3n) is 0.496. The van der Waals surface area contributed by atoms with Gasteiger partial charge in [-0.15, -0.1) is 0 Å². The normalized spacial score (nSPS) is 8.10. The summed E-state index contributed by atoms with van der Waals surface area (Å²) in [7, 11) is 0. The molecule has 5 nitrogen and oxygen atoms in total. The summed E-state index contributed by atoms with van der Waals surface area (Å²) in [6.45, 7) is 2.50. The van der Waals surface area contributed by atoms with Crippen LogP contribution in [-0.4, -0.2) is 24.9 Å². The highest BCUT2D eigenvalue weighted by molar-refractivity contribution is 7.73. The van der Waals surface area contributed by atoms with E-state index in [1.807, 2.05) is 0 Å². The fraction of sp³-hybridized carbons (Fsp3) is 0.500. The van der Waals surface area contributed by atoms with Crippen LogP contribution < -0.4 is 0 Å². The third-order valence-corrected chi connectivity index (χ3v) is 0.496. The van der Waals surface area contributed by atoms with E-state index in [9.17, 15) is 9.59 Å². The number of rotatable bonds is 1. The molecule has 0 aromatic rings. The summed E-state index contributed by atoms with van der Waals surface area (Å²) >= 11 is -2.61. The minimum absolute atomic E-state index is 0.380. The van der Waals surface area contributed by atoms with Crippen molar-refractivity contribution in [2.24, 2.45) is 0 Å². The maximum absolute atomic E-state index is 9.79. The Bertz CT molecular complexity index is 136. The van der Waals surface area contributed by atoms with Gasteiger partial charge in [0.1, 0.15) is 0 Å². The van der Waals surface area contributed by atoms with Gasteiger partial charge in [-0.2, -0.15) is 4.21 Å². The van der Waals surface area contributed by atoms with Gasteiger partial charge in [0.2, 0.25) is 0 Å². The maximum atomic E-state index is 9.79. The van der Waals surface area contributed by atoms with E-state index in [0.717, 1.165) is 0 Å². The van der Waals surface area contributed by atoms with Crippen LogP contribution in [-0.2, 0) is 21.0 Å². The minimum atomic E-state index is -2.61. The Balaban J connectivity index is 0. The zero-order valence-corrected chi connectivity index (χ0v) is 6.34. The lowest BCUT2D eigenvalue weighted by Gasteiger charge is -1.73. The molecule has 0 heterocycles. The Labute approximate surface area is 60.5 Å². The molecule has 0 aliphatic heterocycles. The van der Waals surface area contributed by atoms with Crippen LogP contribution in [0.1, 0.15) is 13.8 Å². The average molecular weight is 168 g/mol. The molecule has 0 saturated carbocycles. The molecule has 0 aromatic heterocycles. The van der Waals surface area contributed by atoms with Gasteiger partial charge in [0.25, 0.3) is 11.4 Å². The summed E-state index contributed by atoms with van der Waals surface area (Å²) in [5, 5.41) is 0. The maximum Gasteiger partial charge on any atom is 0.299 e. The van der Waals surface area contributed by atoms with Crippen LogP contribution in [0.4, 0.5) is 0 Å². The molecule has 2 N–H and O–H groups in total. The smallest absolute Gasteiger partial charge is 0.291 e. The quantitative estimate of drug-likeness (QED) is 0.419. The molecule has 0 fully saturated rings. The van der Waals surface area contributed by atoms with E-state index in [4.69, 9.17) is 13.3 Å². The molecule has 0 radical (unpaired) electrons. The van der Waals surface area contributed by atoms with Gasteiger partial charge < -0.3 is 0 Å². The summed E-state index contributed by atoms with van der Waals surface area (Å²) in [5.41, 5.74) is 0. The van der Waals surface area contributed by atoms with Crippen molar-refractivity contribution < 1.29 is 22.9 Å². The number of carbonyl (C=O) groups is 2. The number of hydrogen-bond donors (Lipinski definition) is 2. The van der Waals surface area contributed by atoms with E-state index < -0.39 is 11.4 Å². The predicted molar refractivity (Wildman–Crippen MR) is 34.8 cm³/mol. The van der Waals surface area contributed by atoms with Crippen molar-refractivity contribution >= 4 is 22.9 Å². The topological polar surface area (TPSA) is 91.7 Å². The molecule has 0 spiro atoms. The van der Waals surface area contributed by atoms with Gasteiger partial charge in [-0.05, 0) is 0 Å². The van der Waals surface area contributed by atoms with Crippen LogP contribution in [0.25, 0.3) is 0 Å². The molecule has 0 amide bonds. The zero-order valence-electron chi connectivity index (χ0n) is 5.53. The Kier molecular flexibility index (Phi) is 7.91. The van der Waals surface area contributed by atoms with Crippen molar-refractivity contribution in [3.63, 3.8) is 0 Å². The van der Waals surface area contributed by atoms with E-state index in [1.165, 1.54) is 13.8 Å². The summed E-state index contributed by atoms with van der Waals surface area (Å²) in [6, 6.07) is 0. The van der Waals surface area contributed by atoms with Crippen molar-refractivity contribution in [2.45, 2.75) is 13.8 Å². The second kappa shape index (κ2) is 6.53. The third kappa shape index (κ3) is 26.2. The lowest BCUT2D eigenvalue weighted by molar-refractivity contribution is -0.134. The first-order valence-electron chi connectivity index (χ1n) is 2.19. The van der Waals surface area contributed by atoms with E-state index in [-0.39, 0.29) is 11.6 Å². The molecule has 0 aromatic carbocycles. The molecule has 0 rings (SSSR count). The predicted octanol–water partition coefficient (Wildman–Crippen LogP) is -0.154. The molecule has 6 heteroatoms. The summed E-state index contributed by atoms with van der Waals surface area (Å²) in [4.78, 5) is 19.6. The van der Waals surface area contributed by atoms with Crippen LogP contribution in [0.2, 0.25) is 0 Å². The highest BCUT2D eigenvalue weighted by Crippen LogP contribution is 1.66. The molecule has 0 aliphatic carbocycles. The number of Topliss-reactive ketones (excluding diaryl/α,β-unsaturated/α-hetero) is 2. The molecule has 60 valence electrons. The molecule has 0 atom stereocenters. The fourth-order valence-corrected chi connectivity index (χ4v) is 0. The first kappa shape index (κ1) is 12.1. The molecule has 0 unspecified atom stereocenters. The van der Waals surface area contributed by atoms with Crippen molar-refractivity contribution in [2.75, 3.05) is 0 Å². The Morgan fingerprint density at radius 3 is 1.20 bits per heavy atom. The average Bonchev–Trinajstić information content (AvgIpc) is 1.63. The fourth-order valence-electron chi connectivity index (χ4n) is 0. The SMILES string of the molecule is CC(=O)C(C)=O.O=S(O)O. The van der Waals surface area contributed by atoms with Crippen LogP contribution in [0.3, 0.4) is 0 Å². The van der Waals surface area contributed by atoms with Crippen molar-refractivity contribution in [1.82, 2.24) is 0 Å². The van der Waals surface area contributed by atoms with Crippen LogP contribution in [0, 0.1) is 0 Å². The summed E-state index contributed by atoms with van der Waals surface area (Å²) < 4.78 is 22.8. The highest BCUT2D eigenvalue weighted by atomic mass is 32.2. The molecule has 0 bridgehead atoms. The van der Waals surface area contributed by atoms with Gasteiger partial charge in [-0.1, -0.05) is 0 Å². The summed E-state index contributed by atoms with van der Waals surface area (Å²) in [5.74, 6) is -0.759. The number of carbonyl (C=O) groups excluding carboxylic acids is 2. The monoisotopic (exact) mass is 168 g/mol. The molecule has 0 aliphatic rings. The number of hydrogen-bond acceptors (Lipinski definition) is 3. The van der Waals surface area contributed by atoms with Crippen molar-refractivity contribution in [1.29, 1.82) is 0 Å². The van der Waals surface area contributed by atoms with Gasteiger partial charge >= 0.3 is 0 Å². The lowest BCUT2D eigenvalue weighted by atomic mass is 10.3. The van der Waals surface area contributed by atoms with E-state index >= 15 is 0 Å². The molecule has 0 saturated heterocycles. The summed E-state index contributed by atoms with van der Waals surface area (Å²) in [6.07, 6.45) is 0. The van der Waals surface area contributed by atoms with Crippen molar-refractivity contribution in [3.8, 4) is 0 Å². The van der Waals surface area contributed by atoms with Crippen LogP contribution >= 0.6 is 0 Å². The standard InChI is InChI=1S/C4H6O2.H2O3S/c1-3(5)4(2)6;1-4(2)3/h1-2H3;(H2,1,2,3). The molecule has 10 heavy (non-hydrogen) atoms. The van der Waals surface area contributed by atoms with Gasteiger partial charge in [0.05, 0.1) is 0 Å². The molecular formula is C4H8O5S. The molecular weight excluding hydrogens is 160 g/mol. The van der Waals surface area contributed by atoms with Gasteiger partial charge in [-0.3, -0.25) is 18.7 Å². The van der Waals surface area contributed by atoms with Gasteiger partial charge in [0.15, 0.2) is 11.6 Å². The largest absolute Gasteiger partial charge is 0.299 e. The van der Waals surface area contributed by atoms with Gasteiger partial charge in [0, 0.05) is 13.8 Å². The van der Waals surface area contributed by atoms with Gasteiger partial charge in [-0.25, -0.2) is 0 Å². The Morgan fingerprint density at radius 2 is 1.20 bits per heavy atom. The van der Waals surface area contributed by atoms with E-state index in [1.54, 1.807) is 0 Å².